The molecular formula is C16H17FN2O2. The third-order valence-electron chi connectivity index (χ3n) is 2.85. The summed E-state index contributed by atoms with van der Waals surface area (Å²) in [5.41, 5.74) is 1.43. The molecule has 0 atom stereocenters. The molecule has 0 aromatic heterocycles. The number of carbonyl (C=O) groups is 1. The molecule has 0 spiro atoms. The SMILES string of the molecule is CNc1ccc(OCCC(=O)Nc2cccc(F)c2)cc1. The molecule has 0 bridgehead atoms. The average Bonchev–Trinajstić information content (AvgIpc) is 2.48. The summed E-state index contributed by atoms with van der Waals surface area (Å²) in [6, 6.07) is 13.2. The third-order valence-corrected chi connectivity index (χ3v) is 2.85. The number of hydrogen-bond acceptors (Lipinski definition) is 3. The second kappa shape index (κ2) is 7.28. The van der Waals surface area contributed by atoms with Crippen molar-refractivity contribution in [1.82, 2.24) is 0 Å². The van der Waals surface area contributed by atoms with E-state index in [4.69, 9.17) is 4.74 Å². The molecule has 5 heteroatoms. The lowest BCUT2D eigenvalue weighted by molar-refractivity contribution is -0.116. The maximum absolute atomic E-state index is 13.0. The first-order valence-electron chi connectivity index (χ1n) is 6.63. The van der Waals surface area contributed by atoms with Crippen LogP contribution in [0.1, 0.15) is 6.42 Å². The Morgan fingerprint density at radius 3 is 2.57 bits per heavy atom. The van der Waals surface area contributed by atoms with Crippen molar-refractivity contribution in [3.63, 3.8) is 0 Å². The average molecular weight is 288 g/mol. The molecule has 0 unspecified atom stereocenters. The van der Waals surface area contributed by atoms with Gasteiger partial charge in [0.25, 0.3) is 0 Å². The standard InChI is InChI=1S/C16H17FN2O2/c1-18-13-5-7-15(8-6-13)21-10-9-16(20)19-14-4-2-3-12(17)11-14/h2-8,11,18H,9-10H2,1H3,(H,19,20). The predicted octanol–water partition coefficient (Wildman–Crippen LogP) is 3.28. The van der Waals surface area contributed by atoms with Crippen LogP contribution >= 0.6 is 0 Å². The molecule has 1 amide bonds. The minimum Gasteiger partial charge on any atom is -0.493 e. The van der Waals surface area contributed by atoms with Crippen LogP contribution in [0, 0.1) is 5.82 Å². The van der Waals surface area contributed by atoms with Crippen LogP contribution in [-0.4, -0.2) is 19.6 Å². The normalized spacial score (nSPS) is 10.0. The van der Waals surface area contributed by atoms with Gasteiger partial charge in [0.1, 0.15) is 11.6 Å². The van der Waals surface area contributed by atoms with E-state index in [1.165, 1.54) is 12.1 Å². The fraction of sp³-hybridized carbons (Fsp3) is 0.188. The van der Waals surface area contributed by atoms with Crippen molar-refractivity contribution < 1.29 is 13.9 Å². The van der Waals surface area contributed by atoms with Crippen molar-refractivity contribution in [2.24, 2.45) is 0 Å². The Labute approximate surface area is 122 Å². The number of carbonyl (C=O) groups excluding carboxylic acids is 1. The van der Waals surface area contributed by atoms with Gasteiger partial charge in [-0.25, -0.2) is 4.39 Å². The molecule has 0 heterocycles. The fourth-order valence-electron chi connectivity index (χ4n) is 1.77. The van der Waals surface area contributed by atoms with Gasteiger partial charge in [-0.3, -0.25) is 4.79 Å². The summed E-state index contributed by atoms with van der Waals surface area (Å²) >= 11 is 0. The van der Waals surface area contributed by atoms with Gasteiger partial charge in [-0.2, -0.15) is 0 Å². The van der Waals surface area contributed by atoms with Gasteiger partial charge in [0.05, 0.1) is 13.0 Å². The van der Waals surface area contributed by atoms with Gasteiger partial charge in [0.2, 0.25) is 5.91 Å². The summed E-state index contributed by atoms with van der Waals surface area (Å²) in [6.07, 6.45) is 0.199. The van der Waals surface area contributed by atoms with Crippen molar-refractivity contribution in [3.05, 3.63) is 54.3 Å². The quantitative estimate of drug-likeness (QED) is 0.857. The number of amides is 1. The van der Waals surface area contributed by atoms with E-state index in [1.807, 2.05) is 31.3 Å². The molecule has 21 heavy (non-hydrogen) atoms. The first-order chi connectivity index (χ1) is 10.2. The first kappa shape index (κ1) is 14.8. The van der Waals surface area contributed by atoms with Crippen molar-refractivity contribution in [2.45, 2.75) is 6.42 Å². The van der Waals surface area contributed by atoms with E-state index in [-0.39, 0.29) is 24.8 Å². The van der Waals surface area contributed by atoms with Gasteiger partial charge in [-0.05, 0) is 42.5 Å². The van der Waals surface area contributed by atoms with Gasteiger partial charge < -0.3 is 15.4 Å². The Morgan fingerprint density at radius 2 is 1.90 bits per heavy atom. The highest BCUT2D eigenvalue weighted by Crippen LogP contribution is 2.15. The van der Waals surface area contributed by atoms with E-state index < -0.39 is 0 Å². The van der Waals surface area contributed by atoms with Crippen LogP contribution in [0.3, 0.4) is 0 Å². The van der Waals surface area contributed by atoms with Crippen LogP contribution in [0.25, 0.3) is 0 Å². The second-order valence-electron chi connectivity index (χ2n) is 4.43. The molecule has 2 N–H and O–H groups in total. The van der Waals surface area contributed by atoms with Crippen LogP contribution in [0.4, 0.5) is 15.8 Å². The van der Waals surface area contributed by atoms with E-state index >= 15 is 0 Å². The highest BCUT2D eigenvalue weighted by Gasteiger charge is 2.04. The molecule has 4 nitrogen and oxygen atoms in total. The van der Waals surface area contributed by atoms with Crippen LogP contribution in [0.15, 0.2) is 48.5 Å². The van der Waals surface area contributed by atoms with Crippen molar-refractivity contribution >= 4 is 17.3 Å². The largest absolute Gasteiger partial charge is 0.493 e. The van der Waals surface area contributed by atoms with E-state index in [1.54, 1.807) is 12.1 Å². The summed E-state index contributed by atoms with van der Waals surface area (Å²) in [5.74, 6) is 0.105. The molecule has 0 fully saturated rings. The maximum atomic E-state index is 13.0. The van der Waals surface area contributed by atoms with Gasteiger partial charge >= 0.3 is 0 Å². The molecule has 2 aromatic carbocycles. The molecule has 0 aliphatic carbocycles. The van der Waals surface area contributed by atoms with Crippen LogP contribution in [0.5, 0.6) is 5.75 Å². The van der Waals surface area contributed by atoms with Crippen LogP contribution < -0.4 is 15.4 Å². The van der Waals surface area contributed by atoms with Gasteiger partial charge in [0, 0.05) is 18.4 Å². The molecule has 0 saturated carbocycles. The Morgan fingerprint density at radius 1 is 1.14 bits per heavy atom. The van der Waals surface area contributed by atoms with E-state index in [2.05, 4.69) is 10.6 Å². The topological polar surface area (TPSA) is 50.4 Å². The van der Waals surface area contributed by atoms with E-state index in [9.17, 15) is 9.18 Å². The van der Waals surface area contributed by atoms with E-state index in [0.29, 0.717) is 11.4 Å². The zero-order chi connectivity index (χ0) is 15.1. The highest BCUT2D eigenvalue weighted by molar-refractivity contribution is 5.90. The number of ether oxygens (including phenoxy) is 1. The third kappa shape index (κ3) is 4.80. The predicted molar refractivity (Wildman–Crippen MR) is 81.1 cm³/mol. The number of benzene rings is 2. The number of halogens is 1. The van der Waals surface area contributed by atoms with Crippen LogP contribution in [-0.2, 0) is 4.79 Å². The lowest BCUT2D eigenvalue weighted by atomic mass is 10.3. The summed E-state index contributed by atoms with van der Waals surface area (Å²) < 4.78 is 18.4. The van der Waals surface area contributed by atoms with Crippen molar-refractivity contribution in [2.75, 3.05) is 24.3 Å². The summed E-state index contributed by atoms with van der Waals surface area (Å²) in [4.78, 5) is 11.7. The zero-order valence-electron chi connectivity index (χ0n) is 11.7. The zero-order valence-corrected chi connectivity index (χ0v) is 11.7. The van der Waals surface area contributed by atoms with Gasteiger partial charge in [-0.15, -0.1) is 0 Å². The summed E-state index contributed by atoms with van der Waals surface area (Å²) in [6.45, 7) is 0.264. The number of anilines is 2. The number of nitrogens with one attached hydrogen (secondary N) is 2. The van der Waals surface area contributed by atoms with Gasteiger partial charge in [0.15, 0.2) is 0 Å². The van der Waals surface area contributed by atoms with E-state index in [0.717, 1.165) is 5.69 Å². The van der Waals surface area contributed by atoms with Crippen molar-refractivity contribution in [1.29, 1.82) is 0 Å². The lowest BCUT2D eigenvalue weighted by Crippen LogP contribution is -2.15. The minimum absolute atomic E-state index is 0.199. The Bertz CT molecular complexity index is 599. The number of hydrogen-bond donors (Lipinski definition) is 2. The van der Waals surface area contributed by atoms with Gasteiger partial charge in [-0.1, -0.05) is 6.07 Å². The maximum Gasteiger partial charge on any atom is 0.227 e. The number of rotatable bonds is 6. The molecular weight excluding hydrogens is 271 g/mol. The molecule has 110 valence electrons. The first-order valence-corrected chi connectivity index (χ1v) is 6.63. The van der Waals surface area contributed by atoms with Crippen LogP contribution in [0.2, 0.25) is 0 Å². The molecule has 0 radical (unpaired) electrons. The fourth-order valence-corrected chi connectivity index (χ4v) is 1.77. The summed E-state index contributed by atoms with van der Waals surface area (Å²) in [7, 11) is 1.84. The van der Waals surface area contributed by atoms with Crippen molar-refractivity contribution in [3.8, 4) is 5.75 Å². The molecule has 2 aromatic rings. The summed E-state index contributed by atoms with van der Waals surface area (Å²) in [5, 5.41) is 5.63. The lowest BCUT2D eigenvalue weighted by Gasteiger charge is -2.08. The minimum atomic E-state index is -0.381. The Kier molecular flexibility index (Phi) is 5.15. The smallest absolute Gasteiger partial charge is 0.227 e. The molecule has 0 aliphatic heterocycles. The second-order valence-corrected chi connectivity index (χ2v) is 4.43. The monoisotopic (exact) mass is 288 g/mol. The molecule has 0 aliphatic rings. The Balaban J connectivity index is 1.76. The molecule has 2 rings (SSSR count). The highest BCUT2D eigenvalue weighted by atomic mass is 19.1. The molecule has 0 saturated heterocycles. The Hall–Kier alpha value is -2.56.